The van der Waals surface area contributed by atoms with E-state index in [0.717, 1.165) is 89.8 Å². The molecule has 0 saturated heterocycles. The zero-order valence-corrected chi connectivity index (χ0v) is 39.5. The third kappa shape index (κ3) is 7.57. The summed E-state index contributed by atoms with van der Waals surface area (Å²) in [4.78, 5) is 15.9. The second kappa shape index (κ2) is 17.0. The standard InChI is InChI=1S/C67H51N3O/c1-4-11-46(12-5-1)49-19-25-52(26-20-49)58-17-10-18-59-61-39-56(38-60(63(61)71-62(58)59)53-31-33-57(34-32-53)67-40-43-35-44(41-67)37-45(36-43)42-67)66-69-64(54-27-21-50(22-28-54)47-13-6-2-7-14-47)68-65(70-66)55-29-23-51(24-30-55)48-15-8-3-9-16-48/h1-34,38-39,43-45H,35-37,40-42H2. The Morgan fingerprint density at radius 3 is 1.17 bits per heavy atom. The van der Waals surface area contributed by atoms with E-state index in [4.69, 9.17) is 19.4 Å². The molecule has 4 bridgehead atoms. The average Bonchev–Trinajstić information content (AvgIpc) is 3.82. The monoisotopic (exact) mass is 913 g/mol. The molecule has 0 atom stereocenters. The van der Waals surface area contributed by atoms with E-state index in [-0.39, 0.29) is 0 Å². The number of para-hydroxylation sites is 1. The predicted molar refractivity (Wildman–Crippen MR) is 290 cm³/mol. The molecule has 4 fully saturated rings. The Labute approximate surface area is 414 Å². The summed E-state index contributed by atoms with van der Waals surface area (Å²) in [6.07, 6.45) is 8.32. The van der Waals surface area contributed by atoms with Crippen LogP contribution in [-0.2, 0) is 5.41 Å². The summed E-state index contributed by atoms with van der Waals surface area (Å²) in [6, 6.07) is 78.1. The van der Waals surface area contributed by atoms with Crippen molar-refractivity contribution in [1.82, 2.24) is 15.0 Å². The highest BCUT2D eigenvalue weighted by atomic mass is 16.3. The first kappa shape index (κ1) is 41.7. The van der Waals surface area contributed by atoms with Gasteiger partial charge in [0.2, 0.25) is 0 Å². The third-order valence-corrected chi connectivity index (χ3v) is 16.1. The predicted octanol–water partition coefficient (Wildman–Crippen LogP) is 17.6. The van der Waals surface area contributed by atoms with E-state index in [1.165, 1.54) is 66.3 Å². The first-order valence-corrected chi connectivity index (χ1v) is 25.4. The van der Waals surface area contributed by atoms with Gasteiger partial charge in [0.15, 0.2) is 17.5 Å². The lowest BCUT2D eigenvalue weighted by Gasteiger charge is -2.57. The fourth-order valence-corrected chi connectivity index (χ4v) is 13.1. The number of benzene rings is 9. The zero-order valence-electron chi connectivity index (χ0n) is 39.5. The van der Waals surface area contributed by atoms with E-state index >= 15 is 0 Å². The molecular formula is C67H51N3O. The van der Waals surface area contributed by atoms with Gasteiger partial charge >= 0.3 is 0 Å². The minimum absolute atomic E-state index is 0.311. The number of furan rings is 1. The van der Waals surface area contributed by atoms with E-state index in [1.807, 2.05) is 0 Å². The number of aromatic nitrogens is 3. The van der Waals surface area contributed by atoms with Gasteiger partial charge in [-0.15, -0.1) is 0 Å². The van der Waals surface area contributed by atoms with Crippen molar-refractivity contribution in [3.8, 4) is 89.8 Å². The molecule has 0 radical (unpaired) electrons. The number of fused-ring (bicyclic) bond motifs is 3. The Bertz CT molecular complexity index is 3590. The summed E-state index contributed by atoms with van der Waals surface area (Å²) in [7, 11) is 0. The fourth-order valence-electron chi connectivity index (χ4n) is 13.1. The van der Waals surface area contributed by atoms with Gasteiger partial charge in [0.25, 0.3) is 0 Å². The first-order chi connectivity index (χ1) is 35.1. The Balaban J connectivity index is 0.933. The Morgan fingerprint density at radius 2 is 0.690 bits per heavy atom. The van der Waals surface area contributed by atoms with E-state index in [0.29, 0.717) is 22.9 Å². The second-order valence-electron chi connectivity index (χ2n) is 20.6. The minimum Gasteiger partial charge on any atom is -0.455 e. The van der Waals surface area contributed by atoms with Crippen molar-refractivity contribution in [2.24, 2.45) is 17.8 Å². The first-order valence-electron chi connectivity index (χ1n) is 25.4. The molecular weight excluding hydrogens is 863 g/mol. The Kier molecular flexibility index (Phi) is 10.0. The highest BCUT2D eigenvalue weighted by Gasteiger charge is 2.51. The highest BCUT2D eigenvalue weighted by Crippen LogP contribution is 2.61. The fraction of sp³-hybridized carbons (Fsp3) is 0.149. The van der Waals surface area contributed by atoms with Crippen LogP contribution in [-0.4, -0.2) is 15.0 Å². The molecule has 15 rings (SSSR count). The van der Waals surface area contributed by atoms with Crippen LogP contribution in [0.5, 0.6) is 0 Å². The van der Waals surface area contributed by atoms with Gasteiger partial charge < -0.3 is 4.42 Å². The van der Waals surface area contributed by atoms with Crippen LogP contribution in [0.2, 0.25) is 0 Å². The van der Waals surface area contributed by atoms with Gasteiger partial charge in [0.1, 0.15) is 11.2 Å². The van der Waals surface area contributed by atoms with Gasteiger partial charge in [0.05, 0.1) is 0 Å². The van der Waals surface area contributed by atoms with Crippen molar-refractivity contribution < 1.29 is 4.42 Å². The number of hydrogen-bond acceptors (Lipinski definition) is 4. The maximum Gasteiger partial charge on any atom is 0.164 e. The van der Waals surface area contributed by atoms with Crippen LogP contribution in [0.3, 0.4) is 0 Å². The number of hydrogen-bond donors (Lipinski definition) is 0. The second-order valence-corrected chi connectivity index (χ2v) is 20.6. The molecule has 11 aromatic rings. The van der Waals surface area contributed by atoms with Crippen LogP contribution in [0.1, 0.15) is 44.1 Å². The van der Waals surface area contributed by atoms with Gasteiger partial charge in [-0.25, -0.2) is 15.0 Å². The Hall–Kier alpha value is -8.21. The largest absolute Gasteiger partial charge is 0.455 e. The molecule has 9 aromatic carbocycles. The summed E-state index contributed by atoms with van der Waals surface area (Å²) in [5.74, 6) is 4.51. The summed E-state index contributed by atoms with van der Waals surface area (Å²) < 4.78 is 7.19. The van der Waals surface area contributed by atoms with Crippen LogP contribution in [0.15, 0.2) is 223 Å². The van der Waals surface area contributed by atoms with Gasteiger partial charge in [-0.05, 0) is 124 Å². The summed E-state index contributed by atoms with van der Waals surface area (Å²) in [6.45, 7) is 0. The summed E-state index contributed by atoms with van der Waals surface area (Å²) >= 11 is 0. The molecule has 0 aliphatic heterocycles. The maximum atomic E-state index is 7.19. The summed E-state index contributed by atoms with van der Waals surface area (Å²) in [5.41, 5.74) is 17.6. The van der Waals surface area contributed by atoms with E-state index < -0.39 is 0 Å². The molecule has 4 heteroatoms. The molecule has 0 amide bonds. The van der Waals surface area contributed by atoms with Crippen molar-refractivity contribution in [2.45, 2.75) is 43.9 Å². The molecule has 0 N–H and O–H groups in total. The molecule has 340 valence electrons. The van der Waals surface area contributed by atoms with Crippen molar-refractivity contribution in [3.63, 3.8) is 0 Å². The topological polar surface area (TPSA) is 51.8 Å². The normalized spacial score (nSPS) is 19.1. The van der Waals surface area contributed by atoms with E-state index in [9.17, 15) is 0 Å². The molecule has 4 aliphatic carbocycles. The number of rotatable bonds is 9. The zero-order chi connectivity index (χ0) is 46.9. The van der Waals surface area contributed by atoms with Crippen molar-refractivity contribution in [3.05, 3.63) is 224 Å². The molecule has 0 spiro atoms. The number of nitrogens with zero attached hydrogens (tertiary/aromatic N) is 3. The van der Waals surface area contributed by atoms with Crippen LogP contribution in [0.25, 0.3) is 112 Å². The molecule has 2 heterocycles. The maximum absolute atomic E-state index is 7.19. The molecule has 2 aromatic heterocycles. The molecule has 4 nitrogen and oxygen atoms in total. The molecule has 4 saturated carbocycles. The van der Waals surface area contributed by atoms with E-state index in [2.05, 4.69) is 218 Å². The summed E-state index contributed by atoms with van der Waals surface area (Å²) in [5, 5.41) is 2.09. The van der Waals surface area contributed by atoms with Crippen molar-refractivity contribution in [1.29, 1.82) is 0 Å². The molecule has 4 aliphatic rings. The SMILES string of the molecule is c1ccc(-c2ccc(-c3nc(-c4ccc(-c5ccccc5)cc4)nc(-c4cc(-c5ccc(C67CC8CC(CC(C8)C6)C7)cc5)c5oc6c(-c7ccc(-c8ccccc8)cc7)cccc6c5c4)n3)cc2)cc1. The lowest BCUT2D eigenvalue weighted by Crippen LogP contribution is -2.48. The van der Waals surface area contributed by atoms with Gasteiger partial charge in [-0.1, -0.05) is 206 Å². The minimum atomic E-state index is 0.311. The van der Waals surface area contributed by atoms with Crippen molar-refractivity contribution in [2.75, 3.05) is 0 Å². The highest BCUT2D eigenvalue weighted by molar-refractivity contribution is 6.14. The van der Waals surface area contributed by atoms with Gasteiger partial charge in [-0.3, -0.25) is 0 Å². The quantitative estimate of drug-likeness (QED) is 0.145. The molecule has 71 heavy (non-hydrogen) atoms. The van der Waals surface area contributed by atoms with Crippen molar-refractivity contribution >= 4 is 21.9 Å². The van der Waals surface area contributed by atoms with Gasteiger partial charge in [-0.2, -0.15) is 0 Å². The average molecular weight is 914 g/mol. The lowest BCUT2D eigenvalue weighted by molar-refractivity contribution is -0.00518. The lowest BCUT2D eigenvalue weighted by atomic mass is 9.48. The van der Waals surface area contributed by atoms with E-state index in [1.54, 1.807) is 0 Å². The molecule has 0 unspecified atom stereocenters. The smallest absolute Gasteiger partial charge is 0.164 e. The van der Waals surface area contributed by atoms with Gasteiger partial charge in [0, 0.05) is 38.6 Å². The van der Waals surface area contributed by atoms with Crippen LogP contribution in [0, 0.1) is 17.8 Å². The third-order valence-electron chi connectivity index (χ3n) is 16.1. The van der Waals surface area contributed by atoms with Crippen LogP contribution in [0.4, 0.5) is 0 Å². The van der Waals surface area contributed by atoms with Crippen LogP contribution >= 0.6 is 0 Å². The Morgan fingerprint density at radius 1 is 0.310 bits per heavy atom. The van der Waals surface area contributed by atoms with Crippen LogP contribution < -0.4 is 0 Å².